The van der Waals surface area contributed by atoms with Gasteiger partial charge in [0.15, 0.2) is 5.65 Å². The summed E-state index contributed by atoms with van der Waals surface area (Å²) in [5.41, 5.74) is 0.360. The number of aromatic nitrogens is 3. The molecule has 2 rings (SSSR count). The summed E-state index contributed by atoms with van der Waals surface area (Å²) in [5.74, 6) is 0. The van der Waals surface area contributed by atoms with Crippen LogP contribution in [0.25, 0.3) is 11.0 Å². The van der Waals surface area contributed by atoms with Crippen molar-refractivity contribution in [1.82, 2.24) is 14.8 Å². The Balaban J connectivity index is 3.05. The molecule has 0 atom stereocenters. The molecule has 0 aromatic carbocycles. The number of aromatic amines is 1. The molecule has 1 N–H and O–H groups in total. The molecule has 6 heteroatoms. The van der Waals surface area contributed by atoms with Crippen LogP contribution in [0.4, 0.5) is 0 Å². The second kappa shape index (κ2) is 2.86. The molecule has 0 radical (unpaired) electrons. The van der Waals surface area contributed by atoms with Crippen molar-refractivity contribution < 1.29 is 0 Å². The molecule has 0 amide bonds. The minimum absolute atomic E-state index is 0.0234. The first-order valence-electron chi connectivity index (χ1n) is 3.79. The van der Waals surface area contributed by atoms with Crippen molar-refractivity contribution in [3.8, 4) is 6.07 Å². The smallest absolute Gasteiger partial charge is 0.286 e. The van der Waals surface area contributed by atoms with E-state index in [1.165, 1.54) is 13.2 Å². The van der Waals surface area contributed by atoms with Gasteiger partial charge in [0.05, 0.1) is 10.9 Å². The monoisotopic (exact) mass is 208 g/mol. The molecule has 70 valence electrons. The van der Waals surface area contributed by atoms with E-state index in [1.54, 1.807) is 0 Å². The predicted molar refractivity (Wildman–Crippen MR) is 51.1 cm³/mol. The Kier molecular flexibility index (Phi) is 1.79. The fraction of sp³-hybridized carbons (Fsp3) is 0.125. The van der Waals surface area contributed by atoms with Crippen LogP contribution in [0.3, 0.4) is 0 Å². The maximum Gasteiger partial charge on any atom is 0.286 e. The lowest BCUT2D eigenvalue weighted by Gasteiger charge is -1.97. The minimum atomic E-state index is -0.407. The van der Waals surface area contributed by atoms with E-state index >= 15 is 0 Å². The van der Waals surface area contributed by atoms with Crippen LogP contribution < -0.4 is 5.56 Å². The number of nitrogens with one attached hydrogen (secondary N) is 1. The lowest BCUT2D eigenvalue weighted by atomic mass is 10.2. The van der Waals surface area contributed by atoms with Gasteiger partial charge in [-0.25, -0.2) is 4.68 Å². The Morgan fingerprint density at radius 3 is 3.07 bits per heavy atom. The molecule has 0 bridgehead atoms. The van der Waals surface area contributed by atoms with E-state index in [0.29, 0.717) is 16.6 Å². The van der Waals surface area contributed by atoms with Crippen LogP contribution in [0.1, 0.15) is 5.56 Å². The number of hydrogen-bond donors (Lipinski definition) is 1. The molecule has 0 aliphatic carbocycles. The van der Waals surface area contributed by atoms with Gasteiger partial charge in [0.2, 0.25) is 0 Å². The third-order valence-electron chi connectivity index (χ3n) is 1.93. The zero-order valence-corrected chi connectivity index (χ0v) is 7.96. The molecule has 0 fully saturated rings. The standard InChI is InChI=1S/C8H5ClN4O/c1-13-8(14)6(9)5-4(2-10)3-11-7(5)12-13/h3H,1H3,(H,11,12). The van der Waals surface area contributed by atoms with Gasteiger partial charge in [-0.3, -0.25) is 4.79 Å². The fourth-order valence-electron chi connectivity index (χ4n) is 1.25. The van der Waals surface area contributed by atoms with Crippen LogP contribution in [0.2, 0.25) is 5.02 Å². The molecular weight excluding hydrogens is 204 g/mol. The molecule has 0 saturated carbocycles. The van der Waals surface area contributed by atoms with Crippen molar-refractivity contribution in [3.05, 3.63) is 27.1 Å². The third-order valence-corrected chi connectivity index (χ3v) is 2.28. The van der Waals surface area contributed by atoms with E-state index in [1.807, 2.05) is 6.07 Å². The van der Waals surface area contributed by atoms with Crippen molar-refractivity contribution in [3.63, 3.8) is 0 Å². The molecule has 2 heterocycles. The minimum Gasteiger partial charge on any atom is -0.343 e. The Labute approximate surface area is 83.5 Å². The fourth-order valence-corrected chi connectivity index (χ4v) is 1.56. The number of hydrogen-bond acceptors (Lipinski definition) is 3. The van der Waals surface area contributed by atoms with Gasteiger partial charge in [0.25, 0.3) is 5.56 Å². The summed E-state index contributed by atoms with van der Waals surface area (Å²) in [6.45, 7) is 0. The number of rotatable bonds is 0. The molecule has 0 unspecified atom stereocenters. The molecule has 0 aliphatic rings. The van der Waals surface area contributed by atoms with Crippen molar-refractivity contribution in [2.45, 2.75) is 0 Å². The van der Waals surface area contributed by atoms with Gasteiger partial charge in [0, 0.05) is 13.2 Å². The average Bonchev–Trinajstić information content (AvgIpc) is 2.57. The summed E-state index contributed by atoms with van der Waals surface area (Å²) in [4.78, 5) is 14.2. The van der Waals surface area contributed by atoms with Crippen molar-refractivity contribution in [2.24, 2.45) is 7.05 Å². The van der Waals surface area contributed by atoms with Crippen LogP contribution in [-0.4, -0.2) is 14.8 Å². The van der Waals surface area contributed by atoms with E-state index in [-0.39, 0.29) is 5.02 Å². The SMILES string of the molecule is Cn1nc2[nH]cc(C#N)c2c(Cl)c1=O. The van der Waals surface area contributed by atoms with Crippen molar-refractivity contribution in [2.75, 3.05) is 0 Å². The van der Waals surface area contributed by atoms with E-state index in [4.69, 9.17) is 16.9 Å². The summed E-state index contributed by atoms with van der Waals surface area (Å²) in [6.07, 6.45) is 1.48. The lowest BCUT2D eigenvalue weighted by molar-refractivity contribution is 0.723. The highest BCUT2D eigenvalue weighted by Crippen LogP contribution is 2.20. The summed E-state index contributed by atoms with van der Waals surface area (Å²) < 4.78 is 1.13. The molecule has 14 heavy (non-hydrogen) atoms. The number of nitrogens with zero attached hydrogens (tertiary/aromatic N) is 3. The van der Waals surface area contributed by atoms with E-state index in [2.05, 4.69) is 10.1 Å². The number of fused-ring (bicyclic) bond motifs is 1. The quantitative estimate of drug-likeness (QED) is 0.696. The van der Waals surface area contributed by atoms with E-state index < -0.39 is 5.56 Å². The van der Waals surface area contributed by atoms with Gasteiger partial charge < -0.3 is 4.98 Å². The van der Waals surface area contributed by atoms with Crippen LogP contribution in [0, 0.1) is 11.3 Å². The highest BCUT2D eigenvalue weighted by Gasteiger charge is 2.12. The Morgan fingerprint density at radius 2 is 2.43 bits per heavy atom. The van der Waals surface area contributed by atoms with Crippen LogP contribution in [0.5, 0.6) is 0 Å². The van der Waals surface area contributed by atoms with Gasteiger partial charge in [-0.1, -0.05) is 11.6 Å². The Morgan fingerprint density at radius 1 is 1.71 bits per heavy atom. The van der Waals surface area contributed by atoms with E-state index in [0.717, 1.165) is 4.68 Å². The zero-order chi connectivity index (χ0) is 10.3. The number of H-pyrrole nitrogens is 1. The summed E-state index contributed by atoms with van der Waals surface area (Å²) in [6, 6.07) is 1.93. The largest absolute Gasteiger partial charge is 0.343 e. The summed E-state index contributed by atoms with van der Waals surface area (Å²) >= 11 is 5.81. The van der Waals surface area contributed by atoms with Crippen LogP contribution in [-0.2, 0) is 7.05 Å². The van der Waals surface area contributed by atoms with Gasteiger partial charge in [-0.05, 0) is 0 Å². The summed E-state index contributed by atoms with van der Waals surface area (Å²) in [7, 11) is 1.50. The Hall–Kier alpha value is -1.80. The molecule has 0 spiro atoms. The molecule has 2 aromatic rings. The second-order valence-corrected chi connectivity index (χ2v) is 3.16. The zero-order valence-electron chi connectivity index (χ0n) is 7.21. The predicted octanol–water partition coefficient (Wildman–Crippen LogP) is 0.787. The molecule has 0 aliphatic heterocycles. The highest BCUT2D eigenvalue weighted by molar-refractivity contribution is 6.35. The number of nitriles is 1. The molecular formula is C8H5ClN4O. The van der Waals surface area contributed by atoms with Crippen molar-refractivity contribution in [1.29, 1.82) is 5.26 Å². The first-order valence-corrected chi connectivity index (χ1v) is 4.17. The average molecular weight is 209 g/mol. The summed E-state index contributed by atoms with van der Waals surface area (Å²) in [5, 5.41) is 13.1. The van der Waals surface area contributed by atoms with Crippen molar-refractivity contribution >= 4 is 22.6 Å². The highest BCUT2D eigenvalue weighted by atomic mass is 35.5. The van der Waals surface area contributed by atoms with Gasteiger partial charge in [0.1, 0.15) is 11.1 Å². The third kappa shape index (κ3) is 1.01. The first kappa shape index (κ1) is 8.78. The van der Waals surface area contributed by atoms with Crippen LogP contribution >= 0.6 is 11.6 Å². The molecule has 0 saturated heterocycles. The second-order valence-electron chi connectivity index (χ2n) is 2.78. The number of aryl methyl sites for hydroxylation is 1. The first-order chi connectivity index (χ1) is 6.65. The molecule has 2 aromatic heterocycles. The normalized spacial score (nSPS) is 10.4. The van der Waals surface area contributed by atoms with E-state index in [9.17, 15) is 4.79 Å². The lowest BCUT2D eigenvalue weighted by Crippen LogP contribution is -2.19. The number of halogens is 1. The Bertz CT molecular complexity index is 604. The molecule has 5 nitrogen and oxygen atoms in total. The van der Waals surface area contributed by atoms with Gasteiger partial charge in [-0.2, -0.15) is 10.4 Å². The topological polar surface area (TPSA) is 74.5 Å². The maximum absolute atomic E-state index is 11.4. The van der Waals surface area contributed by atoms with Crippen LogP contribution in [0.15, 0.2) is 11.0 Å². The maximum atomic E-state index is 11.4. The van der Waals surface area contributed by atoms with Gasteiger partial charge >= 0.3 is 0 Å². The van der Waals surface area contributed by atoms with Gasteiger partial charge in [-0.15, -0.1) is 0 Å².